The van der Waals surface area contributed by atoms with Crippen molar-refractivity contribution in [2.24, 2.45) is 5.73 Å². The van der Waals surface area contributed by atoms with E-state index < -0.39 is 11.2 Å². The maximum atomic E-state index is 11.9. The van der Waals surface area contributed by atoms with Gasteiger partial charge in [0.05, 0.1) is 24.0 Å². The number of nitrogens with zero attached hydrogens (tertiary/aromatic N) is 2. The minimum absolute atomic E-state index is 0.437. The molecule has 142 valence electrons. The molecule has 0 aliphatic rings. The quantitative estimate of drug-likeness (QED) is 0.548. The summed E-state index contributed by atoms with van der Waals surface area (Å²) in [4.78, 5) is 29.8. The summed E-state index contributed by atoms with van der Waals surface area (Å²) in [5.41, 5.74) is 5.81. The fourth-order valence-corrected chi connectivity index (χ4v) is 2.58. The summed E-state index contributed by atoms with van der Waals surface area (Å²) in [7, 11) is 0. The Morgan fingerprint density at radius 2 is 1.93 bits per heavy atom. The molecule has 2 heterocycles. The van der Waals surface area contributed by atoms with Gasteiger partial charge in [-0.1, -0.05) is 0 Å². The standard InChI is InChI=1S/C19H22N4O4/c20-6-1-8-26-9-2-10-27-16-3-4-17-14(12-16)11-15(13-21-17)23-7-5-18(24)22-19(23)25/h3-5,7,11-13H,1-2,6,8-10,20H2,(H,22,24,25). The fraction of sp³-hybridized carbons (Fsp3) is 0.316. The Kier molecular flexibility index (Phi) is 6.35. The van der Waals surface area contributed by atoms with Gasteiger partial charge in [-0.3, -0.25) is 19.3 Å². The third-order valence-electron chi connectivity index (χ3n) is 3.93. The highest BCUT2D eigenvalue weighted by atomic mass is 16.5. The zero-order valence-electron chi connectivity index (χ0n) is 14.9. The van der Waals surface area contributed by atoms with E-state index in [9.17, 15) is 9.59 Å². The summed E-state index contributed by atoms with van der Waals surface area (Å²) in [6.45, 7) is 2.48. The minimum Gasteiger partial charge on any atom is -0.493 e. The van der Waals surface area contributed by atoms with Gasteiger partial charge in [0.2, 0.25) is 0 Å². The molecule has 0 atom stereocenters. The monoisotopic (exact) mass is 370 g/mol. The molecule has 27 heavy (non-hydrogen) atoms. The molecule has 0 radical (unpaired) electrons. The lowest BCUT2D eigenvalue weighted by Crippen LogP contribution is -2.27. The van der Waals surface area contributed by atoms with E-state index in [4.69, 9.17) is 15.2 Å². The lowest BCUT2D eigenvalue weighted by atomic mass is 10.2. The third-order valence-corrected chi connectivity index (χ3v) is 3.93. The van der Waals surface area contributed by atoms with E-state index in [2.05, 4.69) is 9.97 Å². The van der Waals surface area contributed by atoms with E-state index in [1.807, 2.05) is 24.3 Å². The number of nitrogens with two attached hydrogens (primary N) is 1. The molecule has 3 N–H and O–H groups in total. The smallest absolute Gasteiger partial charge is 0.332 e. The Labute approximate surface area is 155 Å². The number of rotatable bonds is 9. The summed E-state index contributed by atoms with van der Waals surface area (Å²) in [6.07, 6.45) is 4.66. The van der Waals surface area contributed by atoms with Crippen molar-refractivity contribution in [2.75, 3.05) is 26.4 Å². The predicted octanol–water partition coefficient (Wildman–Crippen LogP) is 1.21. The Hall–Kier alpha value is -2.97. The van der Waals surface area contributed by atoms with Crippen LogP contribution < -0.4 is 21.7 Å². The molecule has 0 fully saturated rings. The van der Waals surface area contributed by atoms with Crippen molar-refractivity contribution in [3.8, 4) is 11.4 Å². The molecule has 0 spiro atoms. The van der Waals surface area contributed by atoms with Gasteiger partial charge >= 0.3 is 5.69 Å². The Bertz CT molecular complexity index is 1010. The predicted molar refractivity (Wildman–Crippen MR) is 103 cm³/mol. The van der Waals surface area contributed by atoms with E-state index in [1.54, 1.807) is 6.20 Å². The van der Waals surface area contributed by atoms with Gasteiger partial charge in [0.25, 0.3) is 5.56 Å². The van der Waals surface area contributed by atoms with Crippen LogP contribution in [0.5, 0.6) is 5.75 Å². The molecule has 8 nitrogen and oxygen atoms in total. The molecule has 0 aliphatic heterocycles. The van der Waals surface area contributed by atoms with Gasteiger partial charge < -0.3 is 15.2 Å². The van der Waals surface area contributed by atoms with Crippen LogP contribution in [0, 0.1) is 0 Å². The zero-order chi connectivity index (χ0) is 19.1. The van der Waals surface area contributed by atoms with Gasteiger partial charge in [-0.05, 0) is 37.2 Å². The second-order valence-corrected chi connectivity index (χ2v) is 5.98. The number of hydrogen-bond acceptors (Lipinski definition) is 6. The van der Waals surface area contributed by atoms with Crippen LogP contribution in [0.15, 0.2) is 52.3 Å². The second kappa shape index (κ2) is 9.11. The van der Waals surface area contributed by atoms with Crippen LogP contribution in [0.3, 0.4) is 0 Å². The van der Waals surface area contributed by atoms with Gasteiger partial charge in [-0.2, -0.15) is 0 Å². The van der Waals surface area contributed by atoms with Crippen LogP contribution in [-0.4, -0.2) is 40.9 Å². The summed E-state index contributed by atoms with van der Waals surface area (Å²) in [5.74, 6) is 0.720. The van der Waals surface area contributed by atoms with Crippen molar-refractivity contribution in [3.63, 3.8) is 0 Å². The number of benzene rings is 1. The number of H-pyrrole nitrogens is 1. The van der Waals surface area contributed by atoms with Crippen LogP contribution in [0.4, 0.5) is 0 Å². The molecule has 3 aromatic rings. The summed E-state index contributed by atoms with van der Waals surface area (Å²) in [6, 6.07) is 8.71. The summed E-state index contributed by atoms with van der Waals surface area (Å²) >= 11 is 0. The van der Waals surface area contributed by atoms with E-state index >= 15 is 0 Å². The number of aromatic amines is 1. The summed E-state index contributed by atoms with van der Waals surface area (Å²) in [5, 5.41) is 0.835. The Morgan fingerprint density at radius 3 is 2.74 bits per heavy atom. The first-order valence-corrected chi connectivity index (χ1v) is 8.80. The molecule has 0 bridgehead atoms. The molecular weight excluding hydrogens is 348 g/mol. The normalized spacial score (nSPS) is 11.0. The van der Waals surface area contributed by atoms with Crippen LogP contribution in [-0.2, 0) is 4.74 Å². The van der Waals surface area contributed by atoms with Crippen molar-refractivity contribution < 1.29 is 9.47 Å². The largest absolute Gasteiger partial charge is 0.493 e. The first-order chi connectivity index (χ1) is 13.2. The van der Waals surface area contributed by atoms with Crippen LogP contribution >= 0.6 is 0 Å². The molecule has 2 aromatic heterocycles. The Balaban J connectivity index is 1.69. The molecule has 3 rings (SSSR count). The van der Waals surface area contributed by atoms with Crippen molar-refractivity contribution in [1.29, 1.82) is 0 Å². The maximum absolute atomic E-state index is 11.9. The molecule has 0 saturated heterocycles. The average Bonchev–Trinajstić information content (AvgIpc) is 2.67. The fourth-order valence-electron chi connectivity index (χ4n) is 2.58. The second-order valence-electron chi connectivity index (χ2n) is 5.98. The third kappa shape index (κ3) is 5.02. The molecule has 0 saturated carbocycles. The highest BCUT2D eigenvalue weighted by Gasteiger charge is 2.04. The van der Waals surface area contributed by atoms with Gasteiger partial charge in [0, 0.05) is 37.3 Å². The minimum atomic E-state index is -0.509. The van der Waals surface area contributed by atoms with E-state index in [-0.39, 0.29) is 0 Å². The lowest BCUT2D eigenvalue weighted by molar-refractivity contribution is 0.118. The number of hydrogen-bond donors (Lipinski definition) is 2. The highest BCUT2D eigenvalue weighted by Crippen LogP contribution is 2.21. The number of nitrogens with one attached hydrogen (secondary N) is 1. The van der Waals surface area contributed by atoms with Gasteiger partial charge in [-0.25, -0.2) is 4.79 Å². The van der Waals surface area contributed by atoms with Crippen molar-refractivity contribution in [1.82, 2.24) is 14.5 Å². The van der Waals surface area contributed by atoms with E-state index in [1.165, 1.54) is 16.8 Å². The van der Waals surface area contributed by atoms with Crippen molar-refractivity contribution in [3.05, 3.63) is 63.6 Å². The summed E-state index contributed by atoms with van der Waals surface area (Å²) < 4.78 is 12.5. The van der Waals surface area contributed by atoms with Crippen LogP contribution in [0.25, 0.3) is 16.6 Å². The number of ether oxygens (including phenoxy) is 2. The van der Waals surface area contributed by atoms with Crippen LogP contribution in [0.1, 0.15) is 12.8 Å². The zero-order valence-corrected chi connectivity index (χ0v) is 14.9. The molecular formula is C19H22N4O4. The van der Waals surface area contributed by atoms with Gasteiger partial charge in [-0.15, -0.1) is 0 Å². The Morgan fingerprint density at radius 1 is 1.07 bits per heavy atom. The lowest BCUT2D eigenvalue weighted by Gasteiger charge is -2.09. The first-order valence-electron chi connectivity index (χ1n) is 8.80. The van der Waals surface area contributed by atoms with E-state index in [0.717, 1.165) is 29.5 Å². The number of pyridine rings is 1. The SMILES string of the molecule is NCCCOCCCOc1ccc2ncc(-n3ccc(=O)[nH]c3=O)cc2c1. The number of aromatic nitrogens is 3. The average molecular weight is 370 g/mol. The molecule has 0 unspecified atom stereocenters. The number of fused-ring (bicyclic) bond motifs is 1. The molecule has 1 aromatic carbocycles. The molecule has 0 amide bonds. The molecule has 8 heteroatoms. The molecule has 0 aliphatic carbocycles. The van der Waals surface area contributed by atoms with Crippen LogP contribution in [0.2, 0.25) is 0 Å². The topological polar surface area (TPSA) is 112 Å². The first kappa shape index (κ1) is 18.8. The highest BCUT2D eigenvalue weighted by molar-refractivity contribution is 5.81. The van der Waals surface area contributed by atoms with Gasteiger partial charge in [0.1, 0.15) is 5.75 Å². The van der Waals surface area contributed by atoms with Gasteiger partial charge in [0.15, 0.2) is 0 Å². The van der Waals surface area contributed by atoms with E-state index in [0.29, 0.717) is 32.1 Å². The maximum Gasteiger partial charge on any atom is 0.332 e. The van der Waals surface area contributed by atoms with Crippen molar-refractivity contribution >= 4 is 10.9 Å². The van der Waals surface area contributed by atoms with Crippen molar-refractivity contribution in [2.45, 2.75) is 12.8 Å².